The van der Waals surface area contributed by atoms with Crippen molar-refractivity contribution in [2.24, 2.45) is 5.10 Å². The Bertz CT molecular complexity index is 593. The Hall–Kier alpha value is -1.56. The maximum atomic E-state index is 11.9. The van der Waals surface area contributed by atoms with Crippen LogP contribution in [0.25, 0.3) is 10.8 Å². The topological polar surface area (TPSA) is 24.4 Å². The van der Waals surface area contributed by atoms with Crippen LogP contribution in [0.4, 0.5) is 18.9 Å². The first-order valence-electron chi connectivity index (χ1n) is 5.01. The molecule has 2 rings (SSSR count). The van der Waals surface area contributed by atoms with Crippen molar-refractivity contribution in [1.29, 1.82) is 0 Å². The van der Waals surface area contributed by atoms with E-state index in [4.69, 9.17) is 0 Å². The molecule has 18 heavy (non-hydrogen) atoms. The molecule has 0 atom stereocenters. The smallest absolute Gasteiger partial charge is 0.278 e. The van der Waals surface area contributed by atoms with Gasteiger partial charge in [-0.1, -0.05) is 40.2 Å². The van der Waals surface area contributed by atoms with Crippen molar-refractivity contribution in [3.63, 3.8) is 0 Å². The predicted octanol–water partition coefficient (Wildman–Crippen LogP) is 4.56. The summed E-state index contributed by atoms with van der Waals surface area (Å²) in [6, 6.07) is 10.9. The lowest BCUT2D eigenvalue weighted by Gasteiger charge is -2.05. The number of rotatable bonds is 2. The molecule has 0 bridgehead atoms. The second-order valence-electron chi connectivity index (χ2n) is 3.59. The minimum atomic E-state index is -4.42. The molecule has 94 valence electrons. The Labute approximate surface area is 110 Å². The number of hydrazone groups is 1. The fraction of sp³-hybridized carbons (Fsp3) is 0.0833. The fourth-order valence-corrected chi connectivity index (χ4v) is 2.12. The Kier molecular flexibility index (Phi) is 3.56. The second kappa shape index (κ2) is 4.97. The highest BCUT2D eigenvalue weighted by molar-refractivity contribution is 9.10. The molecule has 0 radical (unpaired) electrons. The van der Waals surface area contributed by atoms with E-state index in [0.717, 1.165) is 15.2 Å². The molecule has 0 saturated carbocycles. The minimum absolute atomic E-state index is 0.0872. The summed E-state index contributed by atoms with van der Waals surface area (Å²) in [5, 5.41) is 5.04. The van der Waals surface area contributed by atoms with E-state index in [1.165, 1.54) is 0 Å². The summed E-state index contributed by atoms with van der Waals surface area (Å²) >= 11 is 3.37. The molecule has 0 fully saturated rings. The molecular formula is C12H8BrF3N2. The molecule has 0 amide bonds. The summed E-state index contributed by atoms with van der Waals surface area (Å²) in [6.45, 7) is 0. The molecule has 2 aromatic rings. The van der Waals surface area contributed by atoms with Gasteiger partial charge in [-0.2, -0.15) is 18.3 Å². The molecule has 0 spiro atoms. The number of benzene rings is 2. The van der Waals surface area contributed by atoms with Gasteiger partial charge >= 0.3 is 6.18 Å². The van der Waals surface area contributed by atoms with Gasteiger partial charge < -0.3 is 0 Å². The second-order valence-corrected chi connectivity index (χ2v) is 4.45. The minimum Gasteiger partial charge on any atom is -0.278 e. The van der Waals surface area contributed by atoms with Gasteiger partial charge in [0, 0.05) is 4.47 Å². The zero-order chi connectivity index (χ0) is 13.2. The zero-order valence-electron chi connectivity index (χ0n) is 9.00. The highest BCUT2D eigenvalue weighted by Gasteiger charge is 2.23. The van der Waals surface area contributed by atoms with Crippen LogP contribution in [0.5, 0.6) is 0 Å². The number of fused-ring (bicyclic) bond motifs is 1. The first kappa shape index (κ1) is 12.9. The number of anilines is 1. The van der Waals surface area contributed by atoms with E-state index in [2.05, 4.69) is 26.5 Å². The number of hydrogen-bond acceptors (Lipinski definition) is 2. The number of nitrogens with zero attached hydrogens (tertiary/aromatic N) is 1. The Morgan fingerprint density at radius 3 is 2.61 bits per heavy atom. The normalized spacial score (nSPS) is 12.2. The third-order valence-electron chi connectivity index (χ3n) is 2.22. The van der Waals surface area contributed by atoms with Crippen LogP contribution in [-0.2, 0) is 0 Å². The van der Waals surface area contributed by atoms with Crippen molar-refractivity contribution < 1.29 is 13.2 Å². The summed E-state index contributed by atoms with van der Waals surface area (Å²) in [5.41, 5.74) is 2.84. The first-order chi connectivity index (χ1) is 8.46. The Morgan fingerprint density at radius 2 is 1.89 bits per heavy atom. The number of alkyl halides is 3. The maximum Gasteiger partial charge on any atom is 0.428 e. The van der Waals surface area contributed by atoms with Crippen LogP contribution >= 0.6 is 15.9 Å². The summed E-state index contributed by atoms with van der Waals surface area (Å²) in [6.07, 6.45) is -4.50. The molecule has 0 aliphatic rings. The van der Waals surface area contributed by atoms with Crippen LogP contribution in [0.2, 0.25) is 0 Å². The SMILES string of the molecule is FC(F)(F)/C=N/Nc1cc(Br)c2ccccc2c1. The van der Waals surface area contributed by atoms with Crippen LogP contribution in [0.1, 0.15) is 0 Å². The van der Waals surface area contributed by atoms with Crippen LogP contribution in [0, 0.1) is 0 Å². The standard InChI is InChI=1S/C12H8BrF3N2/c13-11-6-9(18-17-7-12(14,15)16)5-8-3-1-2-4-10(8)11/h1-7,18H/b17-7+. The van der Waals surface area contributed by atoms with Gasteiger partial charge in [-0.15, -0.1) is 0 Å². The van der Waals surface area contributed by atoms with Crippen molar-refractivity contribution in [1.82, 2.24) is 0 Å². The van der Waals surface area contributed by atoms with Gasteiger partial charge in [0.15, 0.2) is 0 Å². The lowest BCUT2D eigenvalue weighted by molar-refractivity contribution is -0.0536. The van der Waals surface area contributed by atoms with E-state index < -0.39 is 6.18 Å². The summed E-state index contributed by atoms with van der Waals surface area (Å²) < 4.78 is 36.5. The third kappa shape index (κ3) is 3.22. The fourth-order valence-electron chi connectivity index (χ4n) is 1.51. The molecule has 2 aromatic carbocycles. The maximum absolute atomic E-state index is 11.9. The molecular weight excluding hydrogens is 309 g/mol. The van der Waals surface area contributed by atoms with Crippen molar-refractivity contribution >= 4 is 38.6 Å². The highest BCUT2D eigenvalue weighted by Crippen LogP contribution is 2.28. The van der Waals surface area contributed by atoms with E-state index in [-0.39, 0.29) is 6.21 Å². The van der Waals surface area contributed by atoms with Crippen molar-refractivity contribution in [2.45, 2.75) is 6.18 Å². The highest BCUT2D eigenvalue weighted by atomic mass is 79.9. The summed E-state index contributed by atoms with van der Waals surface area (Å²) in [7, 11) is 0. The van der Waals surface area contributed by atoms with Gasteiger partial charge in [0.25, 0.3) is 0 Å². The average molecular weight is 317 g/mol. The number of halogens is 4. The molecule has 0 unspecified atom stereocenters. The largest absolute Gasteiger partial charge is 0.428 e. The van der Waals surface area contributed by atoms with E-state index in [1.807, 2.05) is 24.3 Å². The van der Waals surface area contributed by atoms with E-state index in [1.54, 1.807) is 12.1 Å². The average Bonchev–Trinajstić information content (AvgIpc) is 2.27. The van der Waals surface area contributed by atoms with Crippen LogP contribution in [-0.4, -0.2) is 12.4 Å². The number of nitrogens with one attached hydrogen (secondary N) is 1. The van der Waals surface area contributed by atoms with Gasteiger partial charge in [0.05, 0.1) is 5.69 Å². The van der Waals surface area contributed by atoms with Gasteiger partial charge in [-0.25, -0.2) is 0 Å². The van der Waals surface area contributed by atoms with Crippen LogP contribution < -0.4 is 5.43 Å². The molecule has 2 nitrogen and oxygen atoms in total. The lowest BCUT2D eigenvalue weighted by atomic mass is 10.1. The summed E-state index contributed by atoms with van der Waals surface area (Å²) in [4.78, 5) is 0. The van der Waals surface area contributed by atoms with Gasteiger partial charge in [0.1, 0.15) is 6.21 Å². The van der Waals surface area contributed by atoms with Gasteiger partial charge in [-0.05, 0) is 22.9 Å². The molecule has 1 N–H and O–H groups in total. The van der Waals surface area contributed by atoms with E-state index in [0.29, 0.717) is 5.69 Å². The third-order valence-corrected chi connectivity index (χ3v) is 2.87. The van der Waals surface area contributed by atoms with Crippen LogP contribution in [0.3, 0.4) is 0 Å². The molecule has 6 heteroatoms. The van der Waals surface area contributed by atoms with Crippen molar-refractivity contribution in [3.05, 3.63) is 40.9 Å². The summed E-state index contributed by atoms with van der Waals surface area (Å²) in [5.74, 6) is 0. The Balaban J connectivity index is 2.27. The zero-order valence-corrected chi connectivity index (χ0v) is 10.6. The molecule has 0 aliphatic heterocycles. The molecule has 0 aliphatic carbocycles. The Morgan fingerprint density at radius 1 is 1.17 bits per heavy atom. The monoisotopic (exact) mass is 316 g/mol. The molecule has 0 saturated heterocycles. The lowest BCUT2D eigenvalue weighted by Crippen LogP contribution is -2.09. The van der Waals surface area contributed by atoms with E-state index >= 15 is 0 Å². The van der Waals surface area contributed by atoms with Crippen LogP contribution in [0.15, 0.2) is 46.0 Å². The first-order valence-corrected chi connectivity index (χ1v) is 5.80. The molecule has 0 aromatic heterocycles. The van der Waals surface area contributed by atoms with E-state index in [9.17, 15) is 13.2 Å². The van der Waals surface area contributed by atoms with Gasteiger partial charge in [-0.3, -0.25) is 5.43 Å². The molecule has 0 heterocycles. The quantitative estimate of drug-likeness (QED) is 0.637. The van der Waals surface area contributed by atoms with Crippen molar-refractivity contribution in [2.75, 3.05) is 5.43 Å². The van der Waals surface area contributed by atoms with Crippen molar-refractivity contribution in [3.8, 4) is 0 Å². The number of hydrogen-bond donors (Lipinski definition) is 1. The predicted molar refractivity (Wildman–Crippen MR) is 69.8 cm³/mol. The van der Waals surface area contributed by atoms with Gasteiger partial charge in [0.2, 0.25) is 0 Å².